The van der Waals surface area contributed by atoms with Crippen LogP contribution in [0.15, 0.2) is 46.2 Å². The number of hydrogen-bond donors (Lipinski definition) is 1. The zero-order valence-electron chi connectivity index (χ0n) is 13.0. The van der Waals surface area contributed by atoms with Gasteiger partial charge >= 0.3 is 0 Å². The van der Waals surface area contributed by atoms with Crippen molar-refractivity contribution in [1.82, 2.24) is 0 Å². The van der Waals surface area contributed by atoms with Crippen LogP contribution in [0.2, 0.25) is 0 Å². The van der Waals surface area contributed by atoms with Crippen molar-refractivity contribution in [3.05, 3.63) is 59.2 Å². The number of aryl methyl sites for hydroxylation is 2. The van der Waals surface area contributed by atoms with Crippen molar-refractivity contribution >= 4 is 29.8 Å². The summed E-state index contributed by atoms with van der Waals surface area (Å²) in [5.41, 5.74) is 0.779. The zero-order chi connectivity index (χ0) is 18.7. The van der Waals surface area contributed by atoms with E-state index < -0.39 is 30.7 Å². The first-order valence-corrected chi connectivity index (χ1v) is 10.2. The maximum Gasteiger partial charge on any atom is 0.261 e. The fourth-order valence-electron chi connectivity index (χ4n) is 1.48. The Balaban J connectivity index is 0. The second-order valence-electron chi connectivity index (χ2n) is 4.80. The van der Waals surface area contributed by atoms with Crippen LogP contribution < -0.4 is 5.14 Å². The van der Waals surface area contributed by atoms with Gasteiger partial charge in [-0.15, -0.1) is 0 Å². The highest BCUT2D eigenvalue weighted by Gasteiger charge is 2.11. The Bertz CT molecular complexity index is 891. The van der Waals surface area contributed by atoms with Crippen LogP contribution in [0.25, 0.3) is 0 Å². The summed E-state index contributed by atoms with van der Waals surface area (Å²) in [7, 11) is -2.60. The maximum atomic E-state index is 12.8. The first-order chi connectivity index (χ1) is 10.8. The Kier molecular flexibility index (Phi) is 8.09. The molecule has 2 aromatic rings. The molecule has 5 nitrogen and oxygen atoms in total. The molecule has 2 N–H and O–H groups in total. The molecule has 2 aromatic carbocycles. The molecular weight excluding hydrogens is 403 g/mol. The van der Waals surface area contributed by atoms with Crippen LogP contribution in [0.3, 0.4) is 0 Å². The lowest BCUT2D eigenvalue weighted by Gasteiger charge is -1.99. The predicted octanol–water partition coefficient (Wildman–Crippen LogP) is 3.24. The van der Waals surface area contributed by atoms with Gasteiger partial charge in [0.2, 0.25) is 10.0 Å². The van der Waals surface area contributed by atoms with Gasteiger partial charge in [0.05, 0.1) is 9.79 Å². The molecule has 0 atom stereocenters. The number of rotatable bonds is 2. The van der Waals surface area contributed by atoms with Gasteiger partial charge in [0, 0.05) is 12.1 Å². The van der Waals surface area contributed by atoms with Gasteiger partial charge in [-0.25, -0.2) is 30.8 Å². The topological polar surface area (TPSA) is 94.3 Å². The summed E-state index contributed by atoms with van der Waals surface area (Å²) in [5.74, 6) is -1.14. The third-order valence-electron chi connectivity index (χ3n) is 2.90. The van der Waals surface area contributed by atoms with E-state index in [2.05, 4.69) is 0 Å². The normalized spacial score (nSPS) is 11.1. The van der Waals surface area contributed by atoms with Crippen LogP contribution in [-0.4, -0.2) is 16.8 Å². The third-order valence-corrected chi connectivity index (χ3v) is 5.16. The minimum Gasteiger partial charge on any atom is -0.269 e. The molecular formula is C14H17ClF3NO4S2. The monoisotopic (exact) mass is 421 g/mol. The fourth-order valence-corrected chi connectivity index (χ4v) is 2.76. The summed E-state index contributed by atoms with van der Waals surface area (Å²) in [6.07, 6.45) is 0. The van der Waals surface area contributed by atoms with Crippen molar-refractivity contribution in [2.45, 2.75) is 23.6 Å². The second-order valence-corrected chi connectivity index (χ2v) is 8.93. The van der Waals surface area contributed by atoms with Gasteiger partial charge in [-0.3, -0.25) is 4.70 Å². The molecule has 0 spiro atoms. The van der Waals surface area contributed by atoms with Crippen LogP contribution >= 0.6 is 10.7 Å². The predicted molar refractivity (Wildman–Crippen MR) is 91.3 cm³/mol. The highest BCUT2D eigenvalue weighted by molar-refractivity contribution is 8.13. The molecule has 142 valence electrons. The average molecular weight is 422 g/mol. The lowest BCUT2D eigenvalue weighted by Crippen LogP contribution is -2.12. The maximum absolute atomic E-state index is 12.8. The fraction of sp³-hybridized carbons (Fsp3) is 0.143. The Hall–Kier alpha value is -1.62. The van der Waals surface area contributed by atoms with E-state index in [9.17, 15) is 25.6 Å². The molecule has 0 fully saturated rings. The molecule has 0 amide bonds. The lowest BCUT2D eigenvalue weighted by atomic mass is 10.2. The molecule has 0 aromatic heterocycles. The van der Waals surface area contributed by atoms with Gasteiger partial charge in [0.25, 0.3) is 9.05 Å². The first-order valence-electron chi connectivity index (χ1n) is 6.32. The zero-order valence-corrected chi connectivity index (χ0v) is 15.4. The second kappa shape index (κ2) is 8.65. The van der Waals surface area contributed by atoms with E-state index in [0.717, 1.165) is 12.1 Å². The number of benzene rings is 2. The number of primary sulfonamides is 1. The highest BCUT2D eigenvalue weighted by Crippen LogP contribution is 2.17. The van der Waals surface area contributed by atoms with Gasteiger partial charge in [-0.05, 0) is 49.2 Å². The van der Waals surface area contributed by atoms with Crippen LogP contribution in [0, 0.1) is 25.5 Å². The van der Waals surface area contributed by atoms with E-state index in [-0.39, 0.29) is 15.9 Å². The molecule has 2 rings (SSSR count). The van der Waals surface area contributed by atoms with Crippen molar-refractivity contribution in [2.24, 2.45) is 5.14 Å². The van der Waals surface area contributed by atoms with Crippen LogP contribution in [0.4, 0.5) is 13.5 Å². The molecule has 25 heavy (non-hydrogen) atoms. The van der Waals surface area contributed by atoms with Gasteiger partial charge in [-0.1, -0.05) is 12.1 Å². The average Bonchev–Trinajstić information content (AvgIpc) is 2.43. The summed E-state index contributed by atoms with van der Waals surface area (Å²) < 4.78 is 68.4. The van der Waals surface area contributed by atoms with Gasteiger partial charge in [0.15, 0.2) is 0 Å². The van der Waals surface area contributed by atoms with E-state index in [1.807, 2.05) is 0 Å². The molecule has 0 saturated carbocycles. The number of nitrogens with two attached hydrogens (primary N) is 1. The molecule has 0 aliphatic carbocycles. The molecule has 0 radical (unpaired) electrons. The summed E-state index contributed by atoms with van der Waals surface area (Å²) in [6, 6.07) is 7.08. The van der Waals surface area contributed by atoms with E-state index in [0.29, 0.717) is 11.1 Å². The number of halogens is 4. The van der Waals surface area contributed by atoms with Crippen molar-refractivity contribution < 1.29 is 31.7 Å². The Labute approximate surface area is 149 Å². The molecule has 0 aliphatic rings. The van der Waals surface area contributed by atoms with E-state index in [4.69, 9.17) is 15.8 Å². The lowest BCUT2D eigenvalue weighted by molar-refractivity contribution is 0.590. The van der Waals surface area contributed by atoms with E-state index in [1.165, 1.54) is 24.3 Å². The Morgan fingerprint density at radius 3 is 1.56 bits per heavy atom. The molecule has 0 aliphatic heterocycles. The highest BCUT2D eigenvalue weighted by atomic mass is 35.7. The quantitative estimate of drug-likeness (QED) is 0.753. The smallest absolute Gasteiger partial charge is 0.261 e. The minimum atomic E-state index is -3.81. The Morgan fingerprint density at radius 2 is 1.24 bits per heavy atom. The number of sulfonamides is 1. The number of hydrogen-bond acceptors (Lipinski definition) is 4. The summed E-state index contributed by atoms with van der Waals surface area (Å²) in [5, 5.41) is 4.78. The van der Waals surface area contributed by atoms with Crippen molar-refractivity contribution in [2.75, 3.05) is 0 Å². The van der Waals surface area contributed by atoms with Gasteiger partial charge in [0.1, 0.15) is 11.6 Å². The first kappa shape index (κ1) is 23.4. The third kappa shape index (κ3) is 7.02. The largest absolute Gasteiger partial charge is 0.269 e. The van der Waals surface area contributed by atoms with Crippen molar-refractivity contribution in [3.8, 4) is 0 Å². The summed E-state index contributed by atoms with van der Waals surface area (Å²) in [6.45, 7) is 3.09. The van der Waals surface area contributed by atoms with Crippen LogP contribution in [-0.2, 0) is 19.1 Å². The molecule has 11 heteroatoms. The molecule has 0 unspecified atom stereocenters. The van der Waals surface area contributed by atoms with Crippen LogP contribution in [0.1, 0.15) is 12.6 Å². The van der Waals surface area contributed by atoms with Crippen molar-refractivity contribution in [1.29, 1.82) is 0 Å². The molecule has 0 bridgehead atoms. The van der Waals surface area contributed by atoms with Gasteiger partial charge < -0.3 is 0 Å². The van der Waals surface area contributed by atoms with Crippen molar-refractivity contribution in [3.63, 3.8) is 0 Å². The summed E-state index contributed by atoms with van der Waals surface area (Å²) in [4.78, 5) is -0.419. The minimum absolute atomic E-state index is 0. The van der Waals surface area contributed by atoms with E-state index >= 15 is 0 Å². The molecule has 0 heterocycles. The van der Waals surface area contributed by atoms with Gasteiger partial charge in [-0.2, -0.15) is 0 Å². The molecule has 0 saturated heterocycles. The van der Waals surface area contributed by atoms with Crippen LogP contribution in [0.5, 0.6) is 0 Å². The summed E-state index contributed by atoms with van der Waals surface area (Å²) >= 11 is 0. The van der Waals surface area contributed by atoms with E-state index in [1.54, 1.807) is 13.8 Å². The SMILES string of the molecule is Cc1ccc(S(=O)(=O)Cl)cc1F.Cc1ccc(S(N)(=O)=O)cc1F.F.[3HH]. The standard InChI is InChI=1S/C7H6ClFO2S.C7H8FNO2S.FH.H2/c1-5-2-3-6(4-7(5)9)12(8,10)11;1-5-2-3-6(4-7(5)8)12(9,10)11;;/h2-4H,1H3;2-4H,1H3,(H2,9,10,11);2*1H/i;;;1+2. The Morgan fingerprint density at radius 1 is 0.880 bits per heavy atom.